The van der Waals surface area contributed by atoms with E-state index in [1.165, 1.54) is 10.7 Å². The van der Waals surface area contributed by atoms with Crippen LogP contribution in [0.15, 0.2) is 48.7 Å². The fourth-order valence-electron chi connectivity index (χ4n) is 4.33. The van der Waals surface area contributed by atoms with E-state index in [1.54, 1.807) is 0 Å². The molecule has 0 unspecified atom stereocenters. The van der Waals surface area contributed by atoms with Crippen LogP contribution in [0.3, 0.4) is 0 Å². The predicted octanol–water partition coefficient (Wildman–Crippen LogP) is 4.16. The van der Waals surface area contributed by atoms with Gasteiger partial charge in [-0.2, -0.15) is 9.50 Å². The Kier molecular flexibility index (Phi) is 5.69. The first-order valence-electron chi connectivity index (χ1n) is 11.6. The number of imidazole rings is 1. The number of ether oxygens (including phenoxy) is 2. The van der Waals surface area contributed by atoms with Crippen LogP contribution in [0.2, 0.25) is 0 Å². The van der Waals surface area contributed by atoms with E-state index in [9.17, 15) is 4.79 Å². The first-order chi connectivity index (χ1) is 16.3. The molecular weight excluding hydrogens is 430 g/mol. The van der Waals surface area contributed by atoms with Crippen LogP contribution in [0.25, 0.3) is 16.4 Å². The maximum Gasteiger partial charge on any atom is 0.337 e. The number of rotatable bonds is 6. The molecular formula is C26H29N5O3. The van der Waals surface area contributed by atoms with E-state index in [0.717, 1.165) is 30.2 Å². The van der Waals surface area contributed by atoms with Crippen molar-refractivity contribution in [3.05, 3.63) is 59.9 Å². The number of benzene rings is 2. The smallest absolute Gasteiger partial charge is 0.337 e. The van der Waals surface area contributed by atoms with Gasteiger partial charge in [0, 0.05) is 11.6 Å². The third kappa shape index (κ3) is 4.33. The Balaban J connectivity index is 1.57. The lowest BCUT2D eigenvalue weighted by Crippen LogP contribution is -2.31. The molecule has 0 bridgehead atoms. The van der Waals surface area contributed by atoms with Crippen LogP contribution >= 0.6 is 0 Å². The predicted molar refractivity (Wildman–Crippen MR) is 130 cm³/mol. The third-order valence-corrected chi connectivity index (χ3v) is 6.06. The van der Waals surface area contributed by atoms with Crippen LogP contribution < -0.4 is 9.47 Å². The van der Waals surface area contributed by atoms with Gasteiger partial charge in [0.15, 0.2) is 0 Å². The molecule has 5 rings (SSSR count). The average molecular weight is 460 g/mol. The Morgan fingerprint density at radius 2 is 1.94 bits per heavy atom. The maximum absolute atomic E-state index is 13.6. The number of nitrogens with zero attached hydrogens (tertiary/aromatic N) is 5. The van der Waals surface area contributed by atoms with Gasteiger partial charge in [-0.05, 0) is 58.0 Å². The Labute approximate surface area is 198 Å². The van der Waals surface area contributed by atoms with Crippen LogP contribution in [-0.2, 0) is 0 Å². The Morgan fingerprint density at radius 3 is 2.71 bits per heavy atom. The van der Waals surface area contributed by atoms with Crippen molar-refractivity contribution in [1.82, 2.24) is 24.5 Å². The summed E-state index contributed by atoms with van der Waals surface area (Å²) in [6.07, 6.45) is 3.74. The molecule has 8 nitrogen and oxygen atoms in total. The van der Waals surface area contributed by atoms with E-state index in [-0.39, 0.29) is 17.7 Å². The topological polar surface area (TPSA) is 81.9 Å². The monoisotopic (exact) mass is 459 g/mol. The van der Waals surface area contributed by atoms with Crippen molar-refractivity contribution in [3.8, 4) is 11.9 Å². The number of likely N-dealkylation sites (N-methyl/N-ethyl adjacent to an activating group) is 1. The minimum Gasteiger partial charge on any atom is -0.469 e. The molecule has 3 heterocycles. The lowest BCUT2D eigenvalue weighted by Gasteiger charge is -2.21. The minimum absolute atomic E-state index is 0.164. The molecule has 1 atom stereocenters. The number of aromatic nitrogens is 4. The van der Waals surface area contributed by atoms with Crippen LogP contribution in [0.5, 0.6) is 11.9 Å². The maximum atomic E-state index is 13.6. The zero-order chi connectivity index (χ0) is 23.9. The van der Waals surface area contributed by atoms with E-state index in [4.69, 9.17) is 9.47 Å². The van der Waals surface area contributed by atoms with Gasteiger partial charge in [0.25, 0.3) is 5.88 Å². The van der Waals surface area contributed by atoms with Gasteiger partial charge in [0.2, 0.25) is 11.4 Å². The summed E-state index contributed by atoms with van der Waals surface area (Å²) in [4.78, 5) is 24.9. The highest BCUT2D eigenvalue weighted by Crippen LogP contribution is 2.27. The van der Waals surface area contributed by atoms with Crippen LogP contribution in [0, 0.1) is 0 Å². The summed E-state index contributed by atoms with van der Waals surface area (Å²) in [6.45, 7) is 7.33. The fraction of sp³-hybridized carbons (Fsp3) is 0.385. The molecule has 1 fully saturated rings. The molecule has 1 aliphatic rings. The second kappa shape index (κ2) is 8.68. The van der Waals surface area contributed by atoms with Gasteiger partial charge in [-0.1, -0.05) is 42.5 Å². The van der Waals surface area contributed by atoms with Crippen molar-refractivity contribution in [3.63, 3.8) is 0 Å². The van der Waals surface area contributed by atoms with Crippen LogP contribution in [0.4, 0.5) is 0 Å². The molecule has 2 aromatic heterocycles. The molecule has 0 radical (unpaired) electrons. The van der Waals surface area contributed by atoms with Gasteiger partial charge < -0.3 is 14.4 Å². The minimum atomic E-state index is -0.510. The van der Waals surface area contributed by atoms with Crippen molar-refractivity contribution in [2.45, 2.75) is 45.3 Å². The number of hydrogen-bond donors (Lipinski definition) is 0. The molecule has 0 spiro atoms. The molecule has 176 valence electrons. The van der Waals surface area contributed by atoms with Gasteiger partial charge in [-0.25, -0.2) is 4.98 Å². The number of hydrogen-bond acceptors (Lipinski definition) is 7. The van der Waals surface area contributed by atoms with E-state index in [0.29, 0.717) is 29.6 Å². The Morgan fingerprint density at radius 1 is 1.15 bits per heavy atom. The van der Waals surface area contributed by atoms with E-state index in [1.807, 2.05) is 63.2 Å². The lowest BCUT2D eigenvalue weighted by atomic mass is 10.0. The highest BCUT2D eigenvalue weighted by Gasteiger charge is 2.26. The van der Waals surface area contributed by atoms with Crippen molar-refractivity contribution >= 4 is 22.2 Å². The normalized spacial score (nSPS) is 16.9. The number of ketones is 1. The molecule has 1 aliphatic heterocycles. The third-order valence-electron chi connectivity index (χ3n) is 6.06. The Bertz CT molecular complexity index is 1350. The molecule has 4 aromatic rings. The molecule has 2 aromatic carbocycles. The van der Waals surface area contributed by atoms with Crippen molar-refractivity contribution < 1.29 is 14.3 Å². The summed E-state index contributed by atoms with van der Waals surface area (Å²) >= 11 is 0. The first-order valence-corrected chi connectivity index (χ1v) is 11.6. The van der Waals surface area contributed by atoms with Gasteiger partial charge in [0.1, 0.15) is 17.9 Å². The van der Waals surface area contributed by atoms with Crippen molar-refractivity contribution in [2.24, 2.45) is 0 Å². The molecule has 8 heteroatoms. The number of fused-ring (bicyclic) bond motifs is 2. The average Bonchev–Trinajstić information content (AvgIpc) is 3.42. The van der Waals surface area contributed by atoms with Gasteiger partial charge in [-0.3, -0.25) is 4.79 Å². The summed E-state index contributed by atoms with van der Waals surface area (Å²) < 4.78 is 13.6. The Hall–Kier alpha value is -3.52. The standard InChI is InChI=1S/C26H29N5O3/c1-26(2,3)34-24-23-27-15-21(22(32)20-13-7-10-17-9-5-6-12-19(17)20)31(23)29-25(28-24)33-16-18-11-8-14-30(18)4/h5-7,9-10,12-13,15,18H,8,11,14,16H2,1-4H3/t18-/m0/s1. The zero-order valence-corrected chi connectivity index (χ0v) is 20.0. The second-order valence-electron chi connectivity index (χ2n) is 9.74. The number of likely N-dealkylation sites (tertiary alicyclic amines) is 1. The summed E-state index contributed by atoms with van der Waals surface area (Å²) in [6, 6.07) is 14.0. The highest BCUT2D eigenvalue weighted by molar-refractivity contribution is 6.15. The molecule has 0 saturated carbocycles. The second-order valence-corrected chi connectivity index (χ2v) is 9.74. The fourth-order valence-corrected chi connectivity index (χ4v) is 4.33. The van der Waals surface area contributed by atoms with E-state index >= 15 is 0 Å². The quantitative estimate of drug-likeness (QED) is 0.401. The molecule has 0 N–H and O–H groups in total. The van der Waals surface area contributed by atoms with E-state index < -0.39 is 5.60 Å². The molecule has 0 aliphatic carbocycles. The van der Waals surface area contributed by atoms with Gasteiger partial charge in [-0.15, -0.1) is 5.10 Å². The lowest BCUT2D eigenvalue weighted by molar-refractivity contribution is 0.103. The summed E-state index contributed by atoms with van der Waals surface area (Å²) in [7, 11) is 2.09. The SMILES string of the molecule is CN1CCC[C@H]1COc1nc(OC(C)(C)C)c2ncc(C(=O)c3cccc4ccccc34)n2n1. The number of carbonyl (C=O) groups excluding carboxylic acids is 1. The molecule has 34 heavy (non-hydrogen) atoms. The highest BCUT2D eigenvalue weighted by atomic mass is 16.5. The molecule has 1 saturated heterocycles. The van der Waals surface area contributed by atoms with Crippen molar-refractivity contribution in [2.75, 3.05) is 20.2 Å². The van der Waals surface area contributed by atoms with Gasteiger partial charge >= 0.3 is 6.01 Å². The largest absolute Gasteiger partial charge is 0.469 e. The van der Waals surface area contributed by atoms with Gasteiger partial charge in [0.05, 0.1) is 6.20 Å². The van der Waals surface area contributed by atoms with Crippen molar-refractivity contribution in [1.29, 1.82) is 0 Å². The summed E-state index contributed by atoms with van der Waals surface area (Å²) in [5, 5.41) is 6.42. The summed E-state index contributed by atoms with van der Waals surface area (Å²) in [5.41, 5.74) is 0.787. The molecule has 0 amide bonds. The zero-order valence-electron chi connectivity index (χ0n) is 20.0. The van der Waals surface area contributed by atoms with Crippen LogP contribution in [-0.4, -0.2) is 62.1 Å². The summed E-state index contributed by atoms with van der Waals surface area (Å²) in [5.74, 6) is 0.112. The van der Waals surface area contributed by atoms with Crippen LogP contribution in [0.1, 0.15) is 49.7 Å². The first kappa shape index (κ1) is 22.3. The van der Waals surface area contributed by atoms with E-state index in [2.05, 4.69) is 27.0 Å². The number of carbonyl (C=O) groups is 1.